The summed E-state index contributed by atoms with van der Waals surface area (Å²) in [4.78, 5) is 1.99. The summed E-state index contributed by atoms with van der Waals surface area (Å²) in [5.41, 5.74) is 8.12. The highest BCUT2D eigenvalue weighted by molar-refractivity contribution is 7.80. The fourth-order valence-electron chi connectivity index (χ4n) is 2.41. The van der Waals surface area contributed by atoms with Crippen molar-refractivity contribution < 1.29 is 5.11 Å². The second kappa shape index (κ2) is 9.15. The van der Waals surface area contributed by atoms with Gasteiger partial charge in [-0.2, -0.15) is 5.10 Å². The zero-order chi connectivity index (χ0) is 18.2. The molecule has 0 radical (unpaired) electrons. The van der Waals surface area contributed by atoms with Crippen LogP contribution in [0.15, 0.2) is 47.6 Å². The third-order valence-electron chi connectivity index (χ3n) is 3.87. The average Bonchev–Trinajstić information content (AvgIpc) is 2.59. The van der Waals surface area contributed by atoms with E-state index in [-0.39, 0.29) is 6.61 Å². The summed E-state index contributed by atoms with van der Waals surface area (Å²) in [6.07, 6.45) is 1.72. The number of rotatable bonds is 6. The van der Waals surface area contributed by atoms with E-state index in [1.54, 1.807) is 6.21 Å². The first-order chi connectivity index (χ1) is 12.0. The van der Waals surface area contributed by atoms with Crippen LogP contribution in [-0.4, -0.2) is 36.6 Å². The van der Waals surface area contributed by atoms with Gasteiger partial charge < -0.3 is 15.3 Å². The second-order valence-corrected chi connectivity index (χ2v) is 6.24. The van der Waals surface area contributed by atoms with Gasteiger partial charge in [-0.1, -0.05) is 30.3 Å². The molecule has 0 unspecified atom stereocenters. The molecular formula is C19H24N4OS. The number of aliphatic hydroxyl groups excluding tert-OH is 1. The number of hydrogen-bond acceptors (Lipinski definition) is 4. The van der Waals surface area contributed by atoms with Gasteiger partial charge in [-0.3, -0.25) is 5.43 Å². The van der Waals surface area contributed by atoms with Crippen LogP contribution in [0.4, 0.5) is 11.4 Å². The molecule has 0 spiro atoms. The predicted molar refractivity (Wildman–Crippen MR) is 110 cm³/mol. The van der Waals surface area contributed by atoms with Gasteiger partial charge in [-0.05, 0) is 54.9 Å². The van der Waals surface area contributed by atoms with Gasteiger partial charge in [0.25, 0.3) is 0 Å². The molecule has 0 atom stereocenters. The first-order valence-corrected chi connectivity index (χ1v) is 8.50. The van der Waals surface area contributed by atoms with Gasteiger partial charge in [0.05, 0.1) is 12.8 Å². The zero-order valence-electron chi connectivity index (χ0n) is 14.8. The molecule has 0 aromatic heterocycles. The molecule has 25 heavy (non-hydrogen) atoms. The van der Waals surface area contributed by atoms with Gasteiger partial charge in [-0.25, -0.2) is 0 Å². The molecule has 2 aromatic carbocycles. The molecule has 3 N–H and O–H groups in total. The molecule has 0 saturated carbocycles. The van der Waals surface area contributed by atoms with E-state index in [0.717, 1.165) is 28.1 Å². The molecule has 0 aliphatic carbocycles. The number of anilines is 2. The maximum absolute atomic E-state index is 8.97. The second-order valence-electron chi connectivity index (χ2n) is 5.83. The van der Waals surface area contributed by atoms with Crippen molar-refractivity contribution in [2.75, 3.05) is 30.4 Å². The summed E-state index contributed by atoms with van der Waals surface area (Å²) in [6, 6.07) is 14.0. The molecule has 5 nitrogen and oxygen atoms in total. The van der Waals surface area contributed by atoms with Crippen molar-refractivity contribution in [1.82, 2.24) is 5.43 Å². The Morgan fingerprint density at radius 2 is 1.80 bits per heavy atom. The van der Waals surface area contributed by atoms with Crippen molar-refractivity contribution in [2.24, 2.45) is 5.10 Å². The van der Waals surface area contributed by atoms with Crippen molar-refractivity contribution in [2.45, 2.75) is 13.8 Å². The lowest BCUT2D eigenvalue weighted by molar-refractivity contribution is 0.304. The van der Waals surface area contributed by atoms with Crippen LogP contribution in [0.1, 0.15) is 16.7 Å². The maximum atomic E-state index is 8.97. The molecule has 6 heteroatoms. The number of aryl methyl sites for hydroxylation is 2. The minimum Gasteiger partial charge on any atom is -0.395 e. The summed E-state index contributed by atoms with van der Waals surface area (Å²) in [7, 11) is 1.94. The van der Waals surface area contributed by atoms with E-state index in [1.807, 2.05) is 68.3 Å². The van der Waals surface area contributed by atoms with E-state index in [0.29, 0.717) is 11.7 Å². The SMILES string of the molecule is Cc1cccc(C)c1NC(=S)N/N=C/c1ccc(N(C)CCO)cc1. The van der Waals surface area contributed by atoms with Crippen LogP contribution >= 0.6 is 12.2 Å². The fraction of sp³-hybridized carbons (Fsp3) is 0.263. The van der Waals surface area contributed by atoms with Crippen molar-refractivity contribution >= 4 is 34.9 Å². The smallest absolute Gasteiger partial charge is 0.191 e. The Bertz CT molecular complexity index is 723. The van der Waals surface area contributed by atoms with Crippen molar-refractivity contribution in [1.29, 1.82) is 0 Å². The zero-order valence-corrected chi connectivity index (χ0v) is 15.6. The van der Waals surface area contributed by atoms with Crippen LogP contribution in [0.25, 0.3) is 0 Å². The first-order valence-electron chi connectivity index (χ1n) is 8.09. The molecule has 0 aliphatic rings. The number of nitrogens with one attached hydrogen (secondary N) is 2. The van der Waals surface area contributed by atoms with E-state index in [4.69, 9.17) is 17.3 Å². The van der Waals surface area contributed by atoms with Gasteiger partial charge >= 0.3 is 0 Å². The Hall–Kier alpha value is -2.44. The lowest BCUT2D eigenvalue weighted by atomic mass is 10.1. The largest absolute Gasteiger partial charge is 0.395 e. The third kappa shape index (κ3) is 5.55. The number of hydrazone groups is 1. The number of likely N-dealkylation sites (N-methyl/N-ethyl adjacent to an activating group) is 1. The van der Waals surface area contributed by atoms with Crippen molar-refractivity contribution in [3.05, 3.63) is 59.2 Å². The van der Waals surface area contributed by atoms with E-state index in [1.165, 1.54) is 0 Å². The van der Waals surface area contributed by atoms with Crippen molar-refractivity contribution in [3.63, 3.8) is 0 Å². The number of nitrogens with zero attached hydrogens (tertiary/aromatic N) is 2. The summed E-state index contributed by atoms with van der Waals surface area (Å²) in [5, 5.41) is 16.8. The lowest BCUT2D eigenvalue weighted by Gasteiger charge is -2.17. The molecule has 0 aliphatic heterocycles. The maximum Gasteiger partial charge on any atom is 0.191 e. The molecule has 2 rings (SSSR count). The average molecular weight is 356 g/mol. The van der Waals surface area contributed by atoms with Gasteiger partial charge in [0, 0.05) is 25.0 Å². The van der Waals surface area contributed by atoms with Gasteiger partial charge in [-0.15, -0.1) is 0 Å². The highest BCUT2D eigenvalue weighted by atomic mass is 32.1. The van der Waals surface area contributed by atoms with Crippen LogP contribution in [0.5, 0.6) is 0 Å². The van der Waals surface area contributed by atoms with Crippen LogP contribution in [0, 0.1) is 13.8 Å². The van der Waals surface area contributed by atoms with Crippen LogP contribution in [0.2, 0.25) is 0 Å². The third-order valence-corrected chi connectivity index (χ3v) is 4.06. The summed E-state index contributed by atoms with van der Waals surface area (Å²) < 4.78 is 0. The summed E-state index contributed by atoms with van der Waals surface area (Å²) in [6.45, 7) is 4.81. The predicted octanol–water partition coefficient (Wildman–Crippen LogP) is 3.05. The van der Waals surface area contributed by atoms with E-state index in [2.05, 4.69) is 15.8 Å². The van der Waals surface area contributed by atoms with Crippen LogP contribution < -0.4 is 15.6 Å². The van der Waals surface area contributed by atoms with Gasteiger partial charge in [0.15, 0.2) is 5.11 Å². The first kappa shape index (κ1) is 18.9. The Labute approximate surface area is 154 Å². The molecule has 2 aromatic rings. The normalized spacial score (nSPS) is 10.7. The Morgan fingerprint density at radius 1 is 1.16 bits per heavy atom. The van der Waals surface area contributed by atoms with Crippen molar-refractivity contribution in [3.8, 4) is 0 Å². The monoisotopic (exact) mass is 356 g/mol. The van der Waals surface area contributed by atoms with Gasteiger partial charge in [0.1, 0.15) is 0 Å². The number of hydrogen-bond donors (Lipinski definition) is 3. The summed E-state index contributed by atoms with van der Waals surface area (Å²) in [5.74, 6) is 0. The molecule has 0 bridgehead atoms. The number of aliphatic hydroxyl groups is 1. The number of benzene rings is 2. The minimum atomic E-state index is 0.133. The topological polar surface area (TPSA) is 59.9 Å². The Morgan fingerprint density at radius 3 is 2.40 bits per heavy atom. The molecule has 0 fully saturated rings. The Kier molecular flexibility index (Phi) is 6.91. The lowest BCUT2D eigenvalue weighted by Crippen LogP contribution is -2.24. The van der Waals surface area contributed by atoms with E-state index < -0.39 is 0 Å². The fourth-order valence-corrected chi connectivity index (χ4v) is 2.57. The quantitative estimate of drug-likeness (QED) is 0.422. The van der Waals surface area contributed by atoms with Gasteiger partial charge in [0.2, 0.25) is 0 Å². The highest BCUT2D eigenvalue weighted by Gasteiger charge is 2.03. The van der Waals surface area contributed by atoms with Crippen LogP contribution in [-0.2, 0) is 0 Å². The standard InChI is InChI=1S/C19H24N4OS/c1-14-5-4-6-15(2)18(14)21-19(25)22-20-13-16-7-9-17(10-8-16)23(3)11-12-24/h4-10,13,24H,11-12H2,1-3H3,(H2,21,22,25)/b20-13+. The minimum absolute atomic E-state index is 0.133. The van der Waals surface area contributed by atoms with E-state index in [9.17, 15) is 0 Å². The van der Waals surface area contributed by atoms with Crippen LogP contribution in [0.3, 0.4) is 0 Å². The molecule has 0 amide bonds. The molecular weight excluding hydrogens is 332 g/mol. The Balaban J connectivity index is 1.91. The highest BCUT2D eigenvalue weighted by Crippen LogP contribution is 2.19. The molecule has 0 heterocycles. The number of para-hydroxylation sites is 1. The summed E-state index contributed by atoms with van der Waals surface area (Å²) >= 11 is 5.29. The molecule has 0 saturated heterocycles. The number of thiocarbonyl (C=S) groups is 1. The van der Waals surface area contributed by atoms with E-state index >= 15 is 0 Å². The molecule has 132 valence electrons.